The van der Waals surface area contributed by atoms with Gasteiger partial charge in [0.15, 0.2) is 0 Å². The lowest BCUT2D eigenvalue weighted by Gasteiger charge is -2.13. The molecule has 2 rings (SSSR count). The van der Waals surface area contributed by atoms with Crippen molar-refractivity contribution in [3.05, 3.63) is 28.8 Å². The number of hydrogen-bond acceptors (Lipinski definition) is 4. The van der Waals surface area contributed by atoms with E-state index in [0.29, 0.717) is 37.2 Å². The number of benzene rings is 1. The van der Waals surface area contributed by atoms with Crippen LogP contribution in [0.1, 0.15) is 25.8 Å². The third kappa shape index (κ3) is 4.66. The lowest BCUT2D eigenvalue weighted by atomic mass is 10.2. The molecule has 0 amide bonds. The molecule has 1 heterocycles. The Balaban J connectivity index is 2.10. The summed E-state index contributed by atoms with van der Waals surface area (Å²) in [5, 5.41) is 3.71. The minimum Gasteiger partial charge on any atom is -0.380 e. The molecule has 1 aliphatic heterocycles. The van der Waals surface area contributed by atoms with Crippen LogP contribution < -0.4 is 10.0 Å². The van der Waals surface area contributed by atoms with Gasteiger partial charge in [-0.3, -0.25) is 0 Å². The van der Waals surface area contributed by atoms with Crippen molar-refractivity contribution in [2.75, 3.05) is 13.2 Å². The van der Waals surface area contributed by atoms with Gasteiger partial charge in [0.1, 0.15) is 0 Å². The average Bonchev–Trinajstić information content (AvgIpc) is 2.89. The van der Waals surface area contributed by atoms with Crippen molar-refractivity contribution in [2.24, 2.45) is 0 Å². The Morgan fingerprint density at radius 1 is 1.43 bits per heavy atom. The van der Waals surface area contributed by atoms with E-state index in [1.54, 1.807) is 12.1 Å². The molecule has 1 aromatic rings. The predicted molar refractivity (Wildman–Crippen MR) is 83.0 cm³/mol. The highest BCUT2D eigenvalue weighted by Gasteiger charge is 2.23. The third-order valence-electron chi connectivity index (χ3n) is 3.29. The second-order valence-corrected chi connectivity index (χ2v) is 7.59. The van der Waals surface area contributed by atoms with Crippen molar-refractivity contribution < 1.29 is 13.2 Å². The minimum absolute atomic E-state index is 0.156. The standard InChI is InChI=1S/C14H21ClN2O3S/c1-10(2)16-8-11-3-4-13(7-14(11)15)21(18,19)17-12-5-6-20-9-12/h3-4,7,10,12,16-17H,5-6,8-9H2,1-2H3. The van der Waals surface area contributed by atoms with Crippen LogP contribution in [0.2, 0.25) is 5.02 Å². The number of rotatable bonds is 6. The van der Waals surface area contributed by atoms with Crippen LogP contribution in [-0.4, -0.2) is 33.7 Å². The van der Waals surface area contributed by atoms with Gasteiger partial charge in [0.05, 0.1) is 11.5 Å². The molecule has 118 valence electrons. The first kappa shape index (κ1) is 16.7. The van der Waals surface area contributed by atoms with Crippen molar-refractivity contribution in [3.8, 4) is 0 Å². The summed E-state index contributed by atoms with van der Waals surface area (Å²) in [6.07, 6.45) is 0.698. The monoisotopic (exact) mass is 332 g/mol. The lowest BCUT2D eigenvalue weighted by Crippen LogP contribution is -2.35. The molecule has 5 nitrogen and oxygen atoms in total. The maximum atomic E-state index is 12.3. The Bertz CT molecular complexity index is 584. The zero-order valence-corrected chi connectivity index (χ0v) is 13.8. The van der Waals surface area contributed by atoms with Gasteiger partial charge in [-0.25, -0.2) is 13.1 Å². The Kier molecular flexibility index (Phi) is 5.62. The molecule has 0 radical (unpaired) electrons. The normalized spacial score (nSPS) is 19.3. The summed E-state index contributed by atoms with van der Waals surface area (Å²) in [4.78, 5) is 0.188. The highest BCUT2D eigenvalue weighted by Crippen LogP contribution is 2.21. The van der Waals surface area contributed by atoms with E-state index in [-0.39, 0.29) is 10.9 Å². The van der Waals surface area contributed by atoms with Gasteiger partial charge >= 0.3 is 0 Å². The van der Waals surface area contributed by atoms with Gasteiger partial charge in [-0.15, -0.1) is 0 Å². The molecular weight excluding hydrogens is 312 g/mol. The maximum absolute atomic E-state index is 12.3. The largest absolute Gasteiger partial charge is 0.380 e. The quantitative estimate of drug-likeness (QED) is 0.835. The molecule has 0 aromatic heterocycles. The second-order valence-electron chi connectivity index (χ2n) is 5.47. The molecule has 1 unspecified atom stereocenters. The Hall–Kier alpha value is -0.660. The van der Waals surface area contributed by atoms with Gasteiger partial charge < -0.3 is 10.1 Å². The van der Waals surface area contributed by atoms with E-state index in [2.05, 4.69) is 10.0 Å². The van der Waals surface area contributed by atoms with Gasteiger partial charge in [-0.05, 0) is 24.1 Å². The van der Waals surface area contributed by atoms with Crippen LogP contribution in [0, 0.1) is 0 Å². The molecule has 1 aliphatic rings. The average molecular weight is 333 g/mol. The first-order valence-electron chi connectivity index (χ1n) is 7.00. The van der Waals surface area contributed by atoms with E-state index in [1.165, 1.54) is 6.07 Å². The number of hydrogen-bond donors (Lipinski definition) is 2. The Morgan fingerprint density at radius 2 is 2.19 bits per heavy atom. The van der Waals surface area contributed by atoms with E-state index >= 15 is 0 Å². The molecule has 1 saturated heterocycles. The fourth-order valence-electron chi connectivity index (χ4n) is 2.07. The van der Waals surface area contributed by atoms with Gasteiger partial charge in [0, 0.05) is 30.3 Å². The molecule has 0 saturated carbocycles. The molecule has 0 bridgehead atoms. The molecule has 1 aromatic carbocycles. The topological polar surface area (TPSA) is 67.4 Å². The van der Waals surface area contributed by atoms with Crippen LogP contribution in [0.15, 0.2) is 23.1 Å². The molecular formula is C14H21ClN2O3S. The van der Waals surface area contributed by atoms with Crippen molar-refractivity contribution in [2.45, 2.75) is 43.8 Å². The van der Waals surface area contributed by atoms with Crippen LogP contribution in [0.25, 0.3) is 0 Å². The molecule has 0 aliphatic carbocycles. The molecule has 1 atom stereocenters. The molecule has 21 heavy (non-hydrogen) atoms. The maximum Gasteiger partial charge on any atom is 0.240 e. The SMILES string of the molecule is CC(C)NCc1ccc(S(=O)(=O)NC2CCOC2)cc1Cl. The third-order valence-corrected chi connectivity index (χ3v) is 5.16. The molecule has 2 N–H and O–H groups in total. The van der Waals surface area contributed by atoms with Crippen LogP contribution in [-0.2, 0) is 21.3 Å². The summed E-state index contributed by atoms with van der Waals surface area (Å²) >= 11 is 6.18. The number of nitrogens with one attached hydrogen (secondary N) is 2. The smallest absolute Gasteiger partial charge is 0.240 e. The summed E-state index contributed by atoms with van der Waals surface area (Å²) in [6.45, 7) is 5.71. The zero-order valence-electron chi connectivity index (χ0n) is 12.2. The van der Waals surface area contributed by atoms with E-state index in [4.69, 9.17) is 16.3 Å². The van der Waals surface area contributed by atoms with Crippen LogP contribution >= 0.6 is 11.6 Å². The fraction of sp³-hybridized carbons (Fsp3) is 0.571. The van der Waals surface area contributed by atoms with E-state index in [9.17, 15) is 8.42 Å². The Morgan fingerprint density at radius 3 is 2.76 bits per heavy atom. The summed E-state index contributed by atoms with van der Waals surface area (Å²) in [6, 6.07) is 5.01. The van der Waals surface area contributed by atoms with Gasteiger partial charge in [-0.2, -0.15) is 0 Å². The second kappa shape index (κ2) is 7.07. The van der Waals surface area contributed by atoms with Gasteiger partial charge in [0.25, 0.3) is 0 Å². The lowest BCUT2D eigenvalue weighted by molar-refractivity contribution is 0.192. The molecule has 1 fully saturated rings. The minimum atomic E-state index is -3.55. The molecule has 0 spiro atoms. The van der Waals surface area contributed by atoms with Crippen molar-refractivity contribution in [3.63, 3.8) is 0 Å². The first-order valence-corrected chi connectivity index (χ1v) is 8.86. The van der Waals surface area contributed by atoms with Crippen molar-refractivity contribution in [1.29, 1.82) is 0 Å². The first-order chi connectivity index (χ1) is 9.88. The highest BCUT2D eigenvalue weighted by molar-refractivity contribution is 7.89. The number of ether oxygens (including phenoxy) is 1. The summed E-state index contributed by atoms with van der Waals surface area (Å²) in [7, 11) is -3.55. The summed E-state index contributed by atoms with van der Waals surface area (Å²) < 4.78 is 32.4. The number of halogens is 1. The van der Waals surface area contributed by atoms with Crippen LogP contribution in [0.3, 0.4) is 0 Å². The van der Waals surface area contributed by atoms with Gasteiger partial charge in [0.2, 0.25) is 10.0 Å². The van der Waals surface area contributed by atoms with E-state index in [0.717, 1.165) is 5.56 Å². The zero-order chi connectivity index (χ0) is 15.5. The Labute approximate surface area is 131 Å². The van der Waals surface area contributed by atoms with Crippen molar-refractivity contribution >= 4 is 21.6 Å². The van der Waals surface area contributed by atoms with Crippen molar-refractivity contribution in [1.82, 2.24) is 10.0 Å². The van der Waals surface area contributed by atoms with E-state index < -0.39 is 10.0 Å². The van der Waals surface area contributed by atoms with Crippen LogP contribution in [0.5, 0.6) is 0 Å². The highest BCUT2D eigenvalue weighted by atomic mass is 35.5. The fourth-order valence-corrected chi connectivity index (χ4v) is 3.66. The summed E-state index contributed by atoms with van der Waals surface area (Å²) in [5.74, 6) is 0. The predicted octanol–water partition coefficient (Wildman–Crippen LogP) is 1.91. The van der Waals surface area contributed by atoms with Crippen LogP contribution in [0.4, 0.5) is 0 Å². The van der Waals surface area contributed by atoms with Gasteiger partial charge in [-0.1, -0.05) is 31.5 Å². The summed E-state index contributed by atoms with van der Waals surface area (Å²) in [5.41, 5.74) is 0.883. The number of sulfonamides is 1. The van der Waals surface area contributed by atoms with E-state index in [1.807, 2.05) is 13.8 Å². The molecule has 7 heteroatoms.